The summed E-state index contributed by atoms with van der Waals surface area (Å²) in [4.78, 5) is 4.33. The fourth-order valence-corrected chi connectivity index (χ4v) is 2.56. The van der Waals surface area contributed by atoms with Crippen molar-refractivity contribution in [2.24, 2.45) is 0 Å². The average molecular weight is 276 g/mol. The Morgan fingerprint density at radius 1 is 1.28 bits per heavy atom. The summed E-state index contributed by atoms with van der Waals surface area (Å²) >= 11 is 7.61. The van der Waals surface area contributed by atoms with E-state index in [-0.39, 0.29) is 0 Å². The molecule has 0 atom stereocenters. The summed E-state index contributed by atoms with van der Waals surface area (Å²) in [5.41, 5.74) is 2.93. The van der Waals surface area contributed by atoms with Gasteiger partial charge in [0.05, 0.1) is 11.2 Å². The van der Waals surface area contributed by atoms with Gasteiger partial charge in [0, 0.05) is 23.0 Å². The van der Waals surface area contributed by atoms with Gasteiger partial charge < -0.3 is 0 Å². The second-order valence-corrected chi connectivity index (χ2v) is 5.04. The smallest absolute Gasteiger partial charge is 0.122 e. The predicted molar refractivity (Wildman–Crippen MR) is 75.2 cm³/mol. The molecule has 0 unspecified atom stereocenters. The van der Waals surface area contributed by atoms with E-state index >= 15 is 0 Å². The lowest BCUT2D eigenvalue weighted by Gasteiger charge is -1.96. The third kappa shape index (κ3) is 1.98. The van der Waals surface area contributed by atoms with E-state index in [0.717, 1.165) is 21.8 Å². The van der Waals surface area contributed by atoms with Crippen molar-refractivity contribution >= 4 is 28.9 Å². The third-order valence-electron chi connectivity index (χ3n) is 2.67. The molecule has 0 spiro atoms. The van der Waals surface area contributed by atoms with Crippen LogP contribution in [-0.4, -0.2) is 20.9 Å². The van der Waals surface area contributed by atoms with Crippen LogP contribution in [0.1, 0.15) is 0 Å². The molecule has 0 fully saturated rings. The molecular weight excluding hydrogens is 266 g/mol. The highest BCUT2D eigenvalue weighted by molar-refractivity contribution is 7.98. The topological polar surface area (TPSA) is 30.2 Å². The number of halogens is 1. The lowest BCUT2D eigenvalue weighted by molar-refractivity contribution is 0.921. The number of benzene rings is 1. The minimum Gasteiger partial charge on any atom is -0.246 e. The molecule has 0 aliphatic carbocycles. The van der Waals surface area contributed by atoms with Gasteiger partial charge in [-0.05, 0) is 24.5 Å². The fourth-order valence-electron chi connectivity index (χ4n) is 1.84. The van der Waals surface area contributed by atoms with Gasteiger partial charge in [-0.15, -0.1) is 11.8 Å². The Labute approximate surface area is 114 Å². The van der Waals surface area contributed by atoms with Crippen molar-refractivity contribution in [1.82, 2.24) is 14.6 Å². The zero-order valence-corrected chi connectivity index (χ0v) is 11.2. The van der Waals surface area contributed by atoms with E-state index in [0.29, 0.717) is 5.02 Å². The first kappa shape index (κ1) is 11.6. The number of thioether (sulfide) groups is 1. The van der Waals surface area contributed by atoms with E-state index in [1.54, 1.807) is 18.0 Å². The highest BCUT2D eigenvalue weighted by Gasteiger charge is 2.08. The van der Waals surface area contributed by atoms with E-state index in [4.69, 9.17) is 11.6 Å². The zero-order valence-electron chi connectivity index (χ0n) is 9.67. The van der Waals surface area contributed by atoms with Crippen molar-refractivity contribution in [1.29, 1.82) is 0 Å². The summed E-state index contributed by atoms with van der Waals surface area (Å²) in [6.45, 7) is 0. The molecule has 0 saturated heterocycles. The third-order valence-corrected chi connectivity index (χ3v) is 3.60. The SMILES string of the molecule is CSc1nccn2nc(-c3cccc(Cl)c3)cc12. The van der Waals surface area contributed by atoms with Crippen LogP contribution in [0.25, 0.3) is 16.8 Å². The number of hydrogen-bond acceptors (Lipinski definition) is 3. The molecule has 3 nitrogen and oxygen atoms in total. The van der Waals surface area contributed by atoms with E-state index in [2.05, 4.69) is 10.1 Å². The van der Waals surface area contributed by atoms with Crippen LogP contribution in [0.2, 0.25) is 5.02 Å². The monoisotopic (exact) mass is 275 g/mol. The van der Waals surface area contributed by atoms with Crippen LogP contribution in [0.5, 0.6) is 0 Å². The predicted octanol–water partition coefficient (Wildman–Crippen LogP) is 3.77. The van der Waals surface area contributed by atoms with E-state index in [9.17, 15) is 0 Å². The number of rotatable bonds is 2. The molecule has 0 amide bonds. The lowest BCUT2D eigenvalue weighted by Crippen LogP contribution is -1.89. The number of nitrogens with zero attached hydrogens (tertiary/aromatic N) is 3. The maximum absolute atomic E-state index is 6.00. The highest BCUT2D eigenvalue weighted by atomic mass is 35.5. The van der Waals surface area contributed by atoms with Gasteiger partial charge in [0.25, 0.3) is 0 Å². The molecule has 0 aliphatic rings. The minimum absolute atomic E-state index is 0.716. The molecule has 5 heteroatoms. The normalized spacial score (nSPS) is 11.0. The Morgan fingerprint density at radius 2 is 2.17 bits per heavy atom. The Balaban J connectivity index is 2.19. The first-order valence-electron chi connectivity index (χ1n) is 5.42. The standard InChI is InChI=1S/C13H10ClN3S/c1-18-13-12-8-11(16-17(12)6-5-15-13)9-3-2-4-10(14)7-9/h2-8H,1H3. The van der Waals surface area contributed by atoms with Gasteiger partial charge >= 0.3 is 0 Å². The van der Waals surface area contributed by atoms with Gasteiger partial charge in [-0.2, -0.15) is 5.10 Å². The summed E-state index contributed by atoms with van der Waals surface area (Å²) in [6, 6.07) is 9.73. The first-order valence-corrected chi connectivity index (χ1v) is 7.02. The van der Waals surface area contributed by atoms with Gasteiger partial charge in [-0.3, -0.25) is 0 Å². The molecule has 0 aliphatic heterocycles. The van der Waals surface area contributed by atoms with Gasteiger partial charge in [0.1, 0.15) is 5.03 Å². The van der Waals surface area contributed by atoms with Crippen LogP contribution >= 0.6 is 23.4 Å². The molecule has 0 saturated carbocycles. The summed E-state index contributed by atoms with van der Waals surface area (Å²) in [5, 5.41) is 6.22. The van der Waals surface area contributed by atoms with Crippen molar-refractivity contribution in [3.8, 4) is 11.3 Å². The van der Waals surface area contributed by atoms with Gasteiger partial charge in [0.15, 0.2) is 0 Å². The molecule has 3 aromatic rings. The summed E-state index contributed by atoms with van der Waals surface area (Å²) in [7, 11) is 0. The molecule has 18 heavy (non-hydrogen) atoms. The molecule has 0 bridgehead atoms. The van der Waals surface area contributed by atoms with Crippen molar-refractivity contribution in [2.45, 2.75) is 5.03 Å². The molecule has 0 N–H and O–H groups in total. The zero-order chi connectivity index (χ0) is 12.5. The fraction of sp³-hybridized carbons (Fsp3) is 0.0769. The first-order chi connectivity index (χ1) is 8.78. The Bertz CT molecular complexity index is 708. The maximum Gasteiger partial charge on any atom is 0.122 e. The number of fused-ring (bicyclic) bond motifs is 1. The quantitative estimate of drug-likeness (QED) is 0.667. The molecule has 3 rings (SSSR count). The van der Waals surface area contributed by atoms with Crippen LogP contribution < -0.4 is 0 Å². The average Bonchev–Trinajstić information content (AvgIpc) is 2.82. The minimum atomic E-state index is 0.716. The van der Waals surface area contributed by atoms with Crippen molar-refractivity contribution in [3.05, 3.63) is 47.7 Å². The van der Waals surface area contributed by atoms with Crippen LogP contribution in [0.3, 0.4) is 0 Å². The lowest BCUT2D eigenvalue weighted by atomic mass is 10.1. The van der Waals surface area contributed by atoms with Crippen molar-refractivity contribution < 1.29 is 0 Å². The van der Waals surface area contributed by atoms with E-state index in [1.165, 1.54) is 0 Å². The van der Waals surface area contributed by atoms with Crippen molar-refractivity contribution in [2.75, 3.05) is 6.26 Å². The van der Waals surface area contributed by atoms with Crippen LogP contribution in [0, 0.1) is 0 Å². The number of hydrogen-bond donors (Lipinski definition) is 0. The summed E-state index contributed by atoms with van der Waals surface area (Å²) in [5.74, 6) is 0. The summed E-state index contributed by atoms with van der Waals surface area (Å²) < 4.78 is 1.84. The van der Waals surface area contributed by atoms with E-state index < -0.39 is 0 Å². The molecule has 1 aromatic carbocycles. The van der Waals surface area contributed by atoms with Crippen LogP contribution in [0.15, 0.2) is 47.8 Å². The van der Waals surface area contributed by atoms with Crippen molar-refractivity contribution in [3.63, 3.8) is 0 Å². The maximum atomic E-state index is 6.00. The van der Waals surface area contributed by atoms with E-state index in [1.807, 2.05) is 47.3 Å². The molecule has 90 valence electrons. The molecule has 0 radical (unpaired) electrons. The highest BCUT2D eigenvalue weighted by Crippen LogP contribution is 2.26. The molecule has 2 aromatic heterocycles. The van der Waals surface area contributed by atoms with Gasteiger partial charge in [0.2, 0.25) is 0 Å². The van der Waals surface area contributed by atoms with Crippen LogP contribution in [-0.2, 0) is 0 Å². The number of aromatic nitrogens is 3. The largest absolute Gasteiger partial charge is 0.246 e. The molecule has 2 heterocycles. The second kappa shape index (κ2) is 4.63. The molecular formula is C13H10ClN3S. The van der Waals surface area contributed by atoms with Gasteiger partial charge in [-0.25, -0.2) is 9.50 Å². The van der Waals surface area contributed by atoms with Crippen LogP contribution in [0.4, 0.5) is 0 Å². The van der Waals surface area contributed by atoms with Gasteiger partial charge in [-0.1, -0.05) is 23.7 Å². The Hall–Kier alpha value is -1.52. The Morgan fingerprint density at radius 3 is 2.94 bits per heavy atom. The second-order valence-electron chi connectivity index (χ2n) is 3.81. The summed E-state index contributed by atoms with van der Waals surface area (Å²) in [6.07, 6.45) is 5.62. The Kier molecular flexibility index (Phi) is 2.97.